The molecule has 3 atom stereocenters. The maximum Gasteiger partial charge on any atom is 0.295 e. The average Bonchev–Trinajstić information content (AvgIpc) is 3.45. The number of nitrogens with one attached hydrogen (secondary N) is 1. The van der Waals surface area contributed by atoms with Crippen molar-refractivity contribution in [2.45, 2.75) is 49.9 Å². The van der Waals surface area contributed by atoms with Gasteiger partial charge in [0.05, 0.1) is 30.4 Å². The molecule has 3 fully saturated rings. The molecule has 36 heavy (non-hydrogen) atoms. The molecular weight excluding hydrogens is 466 g/mol. The standard InChI is InChI=1S/C27H24F2N4O3/c1-27-20(8-9-35-27)34-13-21(27)36-26-32-19-10-18(28)22(23(29)24(19)33-26)15-4-2-14(3-5-15)17-11-30-25(31-12-17)16-6-7-16/h2-5,10-12,16,20-21H,6-9,13H2,1H3,(H,32,33)/t20-,21?,27+/m1/s1. The molecule has 1 N–H and O–H groups in total. The van der Waals surface area contributed by atoms with Crippen molar-refractivity contribution in [3.8, 4) is 28.3 Å². The summed E-state index contributed by atoms with van der Waals surface area (Å²) in [4.78, 5) is 16.1. The summed E-state index contributed by atoms with van der Waals surface area (Å²) < 4.78 is 48.3. The lowest BCUT2D eigenvalue weighted by Gasteiger charge is -2.27. The lowest BCUT2D eigenvalue weighted by atomic mass is 9.96. The molecule has 0 amide bonds. The topological polar surface area (TPSA) is 82.2 Å². The Morgan fingerprint density at radius 1 is 1.03 bits per heavy atom. The van der Waals surface area contributed by atoms with E-state index in [2.05, 4.69) is 19.9 Å². The molecule has 1 unspecified atom stereocenters. The molecule has 1 saturated carbocycles. The fourth-order valence-corrected chi connectivity index (χ4v) is 5.22. The second-order valence-corrected chi connectivity index (χ2v) is 9.92. The third-order valence-electron chi connectivity index (χ3n) is 7.54. The maximum atomic E-state index is 15.5. The van der Waals surface area contributed by atoms with Gasteiger partial charge >= 0.3 is 0 Å². The van der Waals surface area contributed by atoms with Gasteiger partial charge in [-0.05, 0) is 37.3 Å². The number of rotatable bonds is 5. The molecule has 0 spiro atoms. The Balaban J connectivity index is 1.17. The van der Waals surface area contributed by atoms with Crippen LogP contribution >= 0.6 is 0 Å². The van der Waals surface area contributed by atoms with Gasteiger partial charge in [-0.1, -0.05) is 24.3 Å². The van der Waals surface area contributed by atoms with Gasteiger partial charge < -0.3 is 19.2 Å². The van der Waals surface area contributed by atoms with Gasteiger partial charge in [-0.15, -0.1) is 0 Å². The molecule has 2 aromatic carbocycles. The van der Waals surface area contributed by atoms with Gasteiger partial charge in [-0.3, -0.25) is 0 Å². The molecule has 2 saturated heterocycles. The first-order chi connectivity index (χ1) is 17.5. The minimum absolute atomic E-state index is 0.0162. The van der Waals surface area contributed by atoms with Crippen LogP contribution in [0.2, 0.25) is 0 Å². The lowest BCUT2D eigenvalue weighted by Crippen LogP contribution is -2.45. The zero-order chi connectivity index (χ0) is 24.4. The Bertz CT molecular complexity index is 1450. The van der Waals surface area contributed by atoms with Crippen LogP contribution in [-0.2, 0) is 9.47 Å². The minimum atomic E-state index is -0.746. The Kier molecular flexibility index (Phi) is 4.87. The molecule has 2 aliphatic heterocycles. The van der Waals surface area contributed by atoms with Crippen molar-refractivity contribution in [3.63, 3.8) is 0 Å². The molecule has 1 aliphatic carbocycles. The second-order valence-electron chi connectivity index (χ2n) is 9.92. The lowest BCUT2D eigenvalue weighted by molar-refractivity contribution is -0.0551. The van der Waals surface area contributed by atoms with E-state index >= 15 is 8.78 Å². The van der Waals surface area contributed by atoms with Crippen LogP contribution in [0, 0.1) is 11.6 Å². The summed E-state index contributed by atoms with van der Waals surface area (Å²) in [5.41, 5.74) is 1.66. The molecule has 7 nitrogen and oxygen atoms in total. The Hall–Kier alpha value is -3.43. The summed E-state index contributed by atoms with van der Waals surface area (Å²) in [6, 6.07) is 8.35. The monoisotopic (exact) mass is 490 g/mol. The molecule has 4 heterocycles. The molecule has 9 heteroatoms. The van der Waals surface area contributed by atoms with Crippen molar-refractivity contribution < 1.29 is 23.0 Å². The van der Waals surface area contributed by atoms with Gasteiger partial charge in [-0.25, -0.2) is 18.7 Å². The molecule has 0 radical (unpaired) electrons. The van der Waals surface area contributed by atoms with E-state index < -0.39 is 23.3 Å². The molecule has 184 valence electrons. The van der Waals surface area contributed by atoms with E-state index in [-0.39, 0.29) is 28.7 Å². The van der Waals surface area contributed by atoms with Crippen LogP contribution in [0.1, 0.15) is 37.9 Å². The van der Waals surface area contributed by atoms with Crippen LogP contribution in [0.3, 0.4) is 0 Å². The zero-order valence-corrected chi connectivity index (χ0v) is 19.6. The average molecular weight is 491 g/mol. The summed E-state index contributed by atoms with van der Waals surface area (Å²) in [6.45, 7) is 2.89. The van der Waals surface area contributed by atoms with E-state index in [4.69, 9.17) is 14.2 Å². The first kappa shape index (κ1) is 21.8. The summed E-state index contributed by atoms with van der Waals surface area (Å²) in [5, 5.41) is 0. The van der Waals surface area contributed by atoms with Crippen molar-refractivity contribution in [1.82, 2.24) is 19.9 Å². The number of aromatic amines is 1. The van der Waals surface area contributed by atoms with Gasteiger partial charge in [0.2, 0.25) is 0 Å². The number of benzene rings is 2. The van der Waals surface area contributed by atoms with E-state index in [1.54, 1.807) is 24.5 Å². The number of H-pyrrole nitrogens is 1. The van der Waals surface area contributed by atoms with Gasteiger partial charge in [0, 0.05) is 29.9 Å². The Labute approximate surface area is 205 Å². The minimum Gasteiger partial charge on any atom is -0.456 e. The van der Waals surface area contributed by atoms with Gasteiger partial charge in [-0.2, -0.15) is 4.98 Å². The van der Waals surface area contributed by atoms with Crippen molar-refractivity contribution in [2.24, 2.45) is 0 Å². The van der Waals surface area contributed by atoms with Crippen LogP contribution < -0.4 is 4.74 Å². The Morgan fingerprint density at radius 3 is 2.53 bits per heavy atom. The molecule has 4 aromatic rings. The van der Waals surface area contributed by atoms with Gasteiger partial charge in [0.15, 0.2) is 11.9 Å². The number of hydrogen-bond donors (Lipinski definition) is 1. The number of imidazole rings is 1. The predicted octanol–water partition coefficient (Wildman–Crippen LogP) is 5.17. The third kappa shape index (κ3) is 3.49. The Morgan fingerprint density at radius 2 is 1.78 bits per heavy atom. The third-order valence-corrected chi connectivity index (χ3v) is 7.54. The summed E-state index contributed by atoms with van der Waals surface area (Å²) in [5.74, 6) is -0.0709. The van der Waals surface area contributed by atoms with E-state index in [0.717, 1.165) is 36.2 Å². The van der Waals surface area contributed by atoms with Crippen LogP contribution in [0.5, 0.6) is 6.01 Å². The van der Waals surface area contributed by atoms with Gasteiger partial charge in [0.1, 0.15) is 22.8 Å². The number of halogens is 2. The second kappa shape index (κ2) is 8.04. The van der Waals surface area contributed by atoms with E-state index in [1.807, 2.05) is 19.1 Å². The van der Waals surface area contributed by atoms with Gasteiger partial charge in [0.25, 0.3) is 6.01 Å². The van der Waals surface area contributed by atoms with Crippen LogP contribution in [-0.4, -0.2) is 51.0 Å². The van der Waals surface area contributed by atoms with Crippen molar-refractivity contribution in [2.75, 3.05) is 13.2 Å². The number of aromatic nitrogens is 4. The van der Waals surface area contributed by atoms with E-state index in [9.17, 15) is 0 Å². The first-order valence-corrected chi connectivity index (χ1v) is 12.2. The molecule has 2 aromatic heterocycles. The molecule has 3 aliphatic rings. The zero-order valence-electron chi connectivity index (χ0n) is 19.6. The number of nitrogens with zero attached hydrogens (tertiary/aromatic N) is 3. The van der Waals surface area contributed by atoms with Crippen LogP contribution in [0.15, 0.2) is 42.7 Å². The smallest absolute Gasteiger partial charge is 0.295 e. The molecular formula is C27H24F2N4O3. The predicted molar refractivity (Wildman–Crippen MR) is 128 cm³/mol. The largest absolute Gasteiger partial charge is 0.456 e. The molecule has 0 bridgehead atoms. The van der Waals surface area contributed by atoms with E-state index in [0.29, 0.717) is 24.7 Å². The number of ether oxygens (including phenoxy) is 3. The first-order valence-electron chi connectivity index (χ1n) is 12.2. The van der Waals surface area contributed by atoms with Crippen molar-refractivity contribution in [3.05, 3.63) is 60.2 Å². The summed E-state index contributed by atoms with van der Waals surface area (Å²) in [7, 11) is 0. The highest BCUT2D eigenvalue weighted by Crippen LogP contribution is 2.40. The van der Waals surface area contributed by atoms with Crippen molar-refractivity contribution >= 4 is 11.0 Å². The normalized spacial score (nSPS) is 25.4. The highest BCUT2D eigenvalue weighted by molar-refractivity contribution is 5.84. The van der Waals surface area contributed by atoms with Crippen LogP contribution in [0.4, 0.5) is 8.78 Å². The highest BCUT2D eigenvalue weighted by atomic mass is 19.1. The SMILES string of the molecule is C[C@]12OCC[C@H]1OCC2Oc1nc2c(F)c(-c3ccc(-c4cnc(C5CC5)nc4)cc3)c(F)cc2[nH]1. The molecule has 7 rings (SSSR count). The number of hydrogen-bond acceptors (Lipinski definition) is 6. The quantitative estimate of drug-likeness (QED) is 0.416. The van der Waals surface area contributed by atoms with Crippen LogP contribution in [0.25, 0.3) is 33.3 Å². The number of fused-ring (bicyclic) bond motifs is 2. The summed E-state index contributed by atoms with van der Waals surface area (Å²) >= 11 is 0. The van der Waals surface area contributed by atoms with E-state index in [1.165, 1.54) is 6.07 Å². The highest BCUT2D eigenvalue weighted by Gasteiger charge is 2.54. The fraction of sp³-hybridized carbons (Fsp3) is 0.370. The summed E-state index contributed by atoms with van der Waals surface area (Å²) in [6.07, 6.45) is 6.24. The fourth-order valence-electron chi connectivity index (χ4n) is 5.22. The van der Waals surface area contributed by atoms with Crippen molar-refractivity contribution in [1.29, 1.82) is 0 Å². The maximum absolute atomic E-state index is 15.5.